The van der Waals surface area contributed by atoms with Crippen LogP contribution in [0.1, 0.15) is 105 Å². The Balaban J connectivity index is 1.19. The zero-order valence-electron chi connectivity index (χ0n) is 38.1. The first-order chi connectivity index (χ1) is 31.9. The molecule has 366 valence electrons. The number of phenolic OH excluding ortho intramolecular Hbond substituents is 1. The molecule has 1 unspecified atom stereocenters. The van der Waals surface area contributed by atoms with E-state index in [4.69, 9.17) is 10.5 Å². The number of urea groups is 1. The van der Waals surface area contributed by atoms with Crippen LogP contribution in [0.4, 0.5) is 4.79 Å². The Morgan fingerprint density at radius 2 is 1.52 bits per heavy atom. The SMILES string of the molecule is CC(=O)N[C@@H](CCCCNC(=O)CCCCC1SC[C@H]2NC(=O)N[C@@H]12)C(=O)N[C@@H](Cc1ccc(O)c(I)c1)C(=O)NCCCCCC(=O)N[C@@H](C(N)=O)C(=O)COC(=O)c1c(C)cccc1C. The fourth-order valence-corrected chi connectivity index (χ4v) is 9.99. The molecule has 19 nitrogen and oxygen atoms in total. The van der Waals surface area contributed by atoms with Gasteiger partial charge in [-0.1, -0.05) is 37.1 Å². The molecule has 2 aliphatic rings. The number of rotatable bonds is 28. The number of primary amides is 1. The number of carbonyl (C=O) groups is 9. The highest BCUT2D eigenvalue weighted by Crippen LogP contribution is 2.33. The molecule has 0 spiro atoms. The maximum Gasteiger partial charge on any atom is 0.339 e. The zero-order valence-corrected chi connectivity index (χ0v) is 41.1. The summed E-state index contributed by atoms with van der Waals surface area (Å²) >= 11 is 3.80. The highest BCUT2D eigenvalue weighted by atomic mass is 127. The van der Waals surface area contributed by atoms with Gasteiger partial charge in [-0.05, 0) is 110 Å². The smallest absolute Gasteiger partial charge is 0.339 e. The molecule has 0 bridgehead atoms. The normalized spacial score (nSPS) is 17.4. The third-order valence-electron chi connectivity index (χ3n) is 11.4. The van der Waals surface area contributed by atoms with Gasteiger partial charge in [-0.25, -0.2) is 9.59 Å². The molecule has 2 heterocycles. The largest absolute Gasteiger partial charge is 0.507 e. The number of amides is 8. The number of phenols is 1. The Morgan fingerprint density at radius 3 is 2.22 bits per heavy atom. The number of nitrogens with two attached hydrogens (primary N) is 1. The van der Waals surface area contributed by atoms with E-state index in [1.54, 1.807) is 44.2 Å². The van der Waals surface area contributed by atoms with Gasteiger partial charge in [0, 0.05) is 50.3 Å². The van der Waals surface area contributed by atoms with Crippen molar-refractivity contribution in [2.24, 2.45) is 5.73 Å². The van der Waals surface area contributed by atoms with Crippen molar-refractivity contribution in [2.45, 2.75) is 133 Å². The van der Waals surface area contributed by atoms with Crippen LogP contribution >= 0.6 is 34.4 Å². The molecule has 10 N–H and O–H groups in total. The molecule has 21 heteroatoms. The number of benzene rings is 2. The Labute approximate surface area is 408 Å². The second kappa shape index (κ2) is 27.4. The van der Waals surface area contributed by atoms with Crippen molar-refractivity contribution in [1.29, 1.82) is 0 Å². The highest BCUT2D eigenvalue weighted by Gasteiger charge is 2.42. The lowest BCUT2D eigenvalue weighted by atomic mass is 10.0. The third kappa shape index (κ3) is 17.9. The number of ketones is 1. The number of aryl methyl sites for hydroxylation is 2. The van der Waals surface area contributed by atoms with Crippen LogP contribution in [0.5, 0.6) is 5.75 Å². The van der Waals surface area contributed by atoms with E-state index in [2.05, 4.69) is 37.2 Å². The van der Waals surface area contributed by atoms with Crippen molar-refractivity contribution in [2.75, 3.05) is 25.4 Å². The highest BCUT2D eigenvalue weighted by molar-refractivity contribution is 14.1. The van der Waals surface area contributed by atoms with Crippen LogP contribution in [-0.4, -0.2) is 119 Å². The molecule has 0 aliphatic carbocycles. The van der Waals surface area contributed by atoms with Crippen molar-refractivity contribution in [1.82, 2.24) is 37.2 Å². The van der Waals surface area contributed by atoms with Gasteiger partial charge in [0.1, 0.15) is 17.8 Å². The predicted molar refractivity (Wildman–Crippen MR) is 259 cm³/mol. The molecule has 0 aromatic heterocycles. The van der Waals surface area contributed by atoms with E-state index < -0.39 is 66.0 Å². The molecule has 0 radical (unpaired) electrons. The monoisotopic (exact) mass is 1060 g/mol. The van der Waals surface area contributed by atoms with Crippen LogP contribution in [0.2, 0.25) is 0 Å². The quantitative estimate of drug-likeness (QED) is 0.0195. The number of hydrogen-bond donors (Lipinski definition) is 9. The maximum absolute atomic E-state index is 13.6. The first-order valence-electron chi connectivity index (χ1n) is 22.6. The topological polar surface area (TPSA) is 293 Å². The van der Waals surface area contributed by atoms with Crippen molar-refractivity contribution in [3.8, 4) is 5.75 Å². The molecule has 2 fully saturated rings. The second-order valence-electron chi connectivity index (χ2n) is 16.8. The first-order valence-corrected chi connectivity index (χ1v) is 24.7. The van der Waals surface area contributed by atoms with Gasteiger partial charge >= 0.3 is 12.0 Å². The van der Waals surface area contributed by atoms with Crippen LogP contribution in [0, 0.1) is 17.4 Å². The molecule has 67 heavy (non-hydrogen) atoms. The number of ether oxygens (including phenoxy) is 1. The lowest BCUT2D eigenvalue weighted by Gasteiger charge is -2.23. The van der Waals surface area contributed by atoms with E-state index in [1.165, 1.54) is 13.0 Å². The molecule has 0 saturated carbocycles. The van der Waals surface area contributed by atoms with Gasteiger partial charge in [0.05, 0.1) is 21.2 Å². The van der Waals surface area contributed by atoms with Gasteiger partial charge in [0.2, 0.25) is 41.2 Å². The summed E-state index contributed by atoms with van der Waals surface area (Å²) in [5.41, 5.74) is 7.65. The summed E-state index contributed by atoms with van der Waals surface area (Å²) < 4.78 is 5.68. The van der Waals surface area contributed by atoms with E-state index >= 15 is 0 Å². The molecular weight excluding hydrogens is 1000 g/mol. The molecule has 6 atom stereocenters. The molecular formula is C46H63IN8O11S. The summed E-state index contributed by atoms with van der Waals surface area (Å²) in [5.74, 6) is -3.95. The van der Waals surface area contributed by atoms with Crippen LogP contribution in [-0.2, 0) is 44.7 Å². The molecule has 8 amide bonds. The molecule has 2 saturated heterocycles. The molecule has 2 aromatic rings. The Hall–Kier alpha value is -5.45. The summed E-state index contributed by atoms with van der Waals surface area (Å²) in [5, 5.41) is 29.8. The standard InChI is InChI=1S/C46H63IN8O11S/c1-26-12-11-13-27(2)39(26)45(64)66-24-35(58)41(42(48)61)54-38(60)17-5-4-9-21-50-43(62)32(23-29-18-19-34(57)30(47)22-29)52-44(63)31(51-28(3)56)14-8-10-20-49-37(59)16-7-6-15-36-40-33(25-67-36)53-46(65)55-40/h11-13,18-19,22,31-33,36,40-41,57H,4-10,14-17,20-21,23-25H2,1-3H3,(H2,48,61)(H,49,59)(H,50,62)(H,51,56)(H,52,63)(H,54,60)(H2,53,55,65)/t31-,32-,33+,36?,40+,41+/m0/s1. The number of thioether (sulfide) groups is 1. The van der Waals surface area contributed by atoms with Crippen molar-refractivity contribution >= 4 is 87.6 Å². The minimum Gasteiger partial charge on any atom is -0.507 e. The number of Topliss-reactive ketones (excluding diaryl/α,β-unsaturated/α-hetero) is 1. The number of esters is 1. The van der Waals surface area contributed by atoms with Gasteiger partial charge < -0.3 is 52.8 Å². The van der Waals surface area contributed by atoms with Crippen molar-refractivity contribution in [3.63, 3.8) is 0 Å². The van der Waals surface area contributed by atoms with Gasteiger partial charge in [-0.3, -0.25) is 33.6 Å². The van der Waals surface area contributed by atoms with Crippen LogP contribution < -0.4 is 43.0 Å². The number of halogens is 1. The van der Waals surface area contributed by atoms with Crippen LogP contribution in [0.15, 0.2) is 36.4 Å². The Kier molecular flexibility index (Phi) is 22.1. The van der Waals surface area contributed by atoms with Gasteiger partial charge in [-0.15, -0.1) is 0 Å². The minimum atomic E-state index is -1.70. The molecule has 2 aromatic carbocycles. The number of fused-ring (bicyclic) bond motifs is 1. The van der Waals surface area contributed by atoms with E-state index in [-0.39, 0.29) is 55.6 Å². The van der Waals surface area contributed by atoms with Gasteiger partial charge in [-0.2, -0.15) is 11.8 Å². The third-order valence-corrected chi connectivity index (χ3v) is 13.8. The predicted octanol–water partition coefficient (Wildman–Crippen LogP) is 2.23. The fraction of sp³-hybridized carbons (Fsp3) is 0.543. The second-order valence-corrected chi connectivity index (χ2v) is 19.3. The number of aromatic hydroxyl groups is 1. The fourth-order valence-electron chi connectivity index (χ4n) is 7.87. The molecule has 4 rings (SSSR count). The summed E-state index contributed by atoms with van der Waals surface area (Å²) in [6.45, 7) is 4.54. The first kappa shape index (κ1) is 54.2. The van der Waals surface area contributed by atoms with Gasteiger partial charge in [0.25, 0.3) is 0 Å². The zero-order chi connectivity index (χ0) is 49.0. The number of carbonyl (C=O) groups excluding carboxylic acids is 9. The minimum absolute atomic E-state index is 0.0620. The molecule has 2 aliphatic heterocycles. The Morgan fingerprint density at radius 1 is 0.836 bits per heavy atom. The van der Waals surface area contributed by atoms with Gasteiger partial charge in [0.15, 0.2) is 12.6 Å². The lowest BCUT2D eigenvalue weighted by Crippen LogP contribution is -2.54. The number of hydrogen-bond acceptors (Lipinski definition) is 12. The Bertz CT molecular complexity index is 2110. The van der Waals surface area contributed by atoms with E-state index in [9.17, 15) is 48.3 Å². The van der Waals surface area contributed by atoms with E-state index in [1.807, 2.05) is 34.4 Å². The van der Waals surface area contributed by atoms with Crippen LogP contribution in [0.3, 0.4) is 0 Å². The van der Waals surface area contributed by atoms with Crippen molar-refractivity contribution < 1.29 is 53.0 Å². The van der Waals surface area contributed by atoms with Crippen molar-refractivity contribution in [3.05, 3.63) is 62.2 Å². The van der Waals surface area contributed by atoms with E-state index in [0.717, 1.165) is 25.0 Å². The van der Waals surface area contributed by atoms with Crippen LogP contribution in [0.25, 0.3) is 0 Å². The summed E-state index contributed by atoms with van der Waals surface area (Å²) in [7, 11) is 0. The lowest BCUT2D eigenvalue weighted by molar-refractivity contribution is -0.135. The number of nitrogens with one attached hydrogen (secondary N) is 7. The summed E-state index contributed by atoms with van der Waals surface area (Å²) in [6.07, 6.45) is 5.45. The average Bonchev–Trinajstić information content (AvgIpc) is 3.83. The average molecular weight is 1060 g/mol. The van der Waals surface area contributed by atoms with E-state index in [0.29, 0.717) is 76.1 Å². The summed E-state index contributed by atoms with van der Waals surface area (Å²) in [4.78, 5) is 113. The number of unbranched alkanes of at least 4 members (excludes halogenated alkanes) is 4. The summed E-state index contributed by atoms with van der Waals surface area (Å²) in [6, 6.07) is 6.52. The maximum atomic E-state index is 13.6.